The molecule has 31 heavy (non-hydrogen) atoms. The second-order valence-electron chi connectivity index (χ2n) is 7.96. The number of aliphatic hydroxyl groups is 2. The fourth-order valence-corrected chi connectivity index (χ4v) is 4.30. The third-order valence-electron chi connectivity index (χ3n) is 5.94. The van der Waals surface area contributed by atoms with E-state index in [2.05, 4.69) is 9.97 Å². The lowest BCUT2D eigenvalue weighted by Crippen LogP contribution is -2.32. The van der Waals surface area contributed by atoms with Gasteiger partial charge in [-0.25, -0.2) is 4.98 Å². The van der Waals surface area contributed by atoms with E-state index in [0.717, 1.165) is 21.9 Å². The van der Waals surface area contributed by atoms with Gasteiger partial charge in [0.1, 0.15) is 5.82 Å². The molecule has 0 unspecified atom stereocenters. The number of rotatable bonds is 4. The van der Waals surface area contributed by atoms with E-state index in [1.807, 2.05) is 36.4 Å². The molecular weight excluding hydrogens is 394 g/mol. The molecule has 5 rings (SSSR count). The van der Waals surface area contributed by atoms with Crippen LogP contribution in [0.1, 0.15) is 35.0 Å². The van der Waals surface area contributed by atoms with Crippen LogP contribution in [0.3, 0.4) is 0 Å². The Balaban J connectivity index is 1.65. The number of pyridine rings is 1. The summed E-state index contributed by atoms with van der Waals surface area (Å²) in [6.45, 7) is 0.686. The standard InChI is InChI=1S/C24H23N3O4/c28-12-16-6-5-14(11-25-16)9-15-10-20-22(18-4-2-1-3-17(15)18)26-23(27-24(20)30)19-7-8-31-13-21(19)29/h1-6,10-11,19,21,28-29H,7-9,12-13H2,(H,26,27,30)/t19-,21+/m1/s1. The van der Waals surface area contributed by atoms with E-state index in [1.54, 1.807) is 12.3 Å². The first-order chi connectivity index (χ1) is 15.1. The van der Waals surface area contributed by atoms with E-state index < -0.39 is 6.10 Å². The number of aliphatic hydroxyl groups excluding tert-OH is 2. The molecular formula is C24H23N3O4. The van der Waals surface area contributed by atoms with Crippen LogP contribution in [0, 0.1) is 0 Å². The Bertz CT molecular complexity index is 1300. The maximum atomic E-state index is 13.0. The fourth-order valence-electron chi connectivity index (χ4n) is 4.30. The largest absolute Gasteiger partial charge is 0.390 e. The van der Waals surface area contributed by atoms with Gasteiger partial charge in [-0.2, -0.15) is 0 Å². The van der Waals surface area contributed by atoms with Crippen LogP contribution in [0.4, 0.5) is 0 Å². The van der Waals surface area contributed by atoms with Crippen molar-refractivity contribution in [3.8, 4) is 0 Å². The SMILES string of the molecule is O=c1[nH]c([C@@H]2CCOC[C@@H]2O)nc2c1cc(Cc1ccc(CO)nc1)c1ccccc12. The number of hydrogen-bond donors (Lipinski definition) is 3. The van der Waals surface area contributed by atoms with Gasteiger partial charge in [-0.05, 0) is 41.5 Å². The number of benzene rings is 2. The van der Waals surface area contributed by atoms with E-state index >= 15 is 0 Å². The van der Waals surface area contributed by atoms with E-state index in [0.29, 0.717) is 41.9 Å². The Hall–Kier alpha value is -3.13. The van der Waals surface area contributed by atoms with Crippen LogP contribution in [0.25, 0.3) is 21.7 Å². The van der Waals surface area contributed by atoms with Crippen LogP contribution in [-0.4, -0.2) is 44.5 Å². The molecule has 0 bridgehead atoms. The maximum absolute atomic E-state index is 13.0. The Morgan fingerprint density at radius 2 is 1.97 bits per heavy atom. The van der Waals surface area contributed by atoms with Gasteiger partial charge in [-0.15, -0.1) is 0 Å². The van der Waals surface area contributed by atoms with Crippen LogP contribution < -0.4 is 5.56 Å². The highest BCUT2D eigenvalue weighted by molar-refractivity contribution is 6.06. The Labute approximate surface area is 178 Å². The van der Waals surface area contributed by atoms with Crippen LogP contribution in [0.5, 0.6) is 0 Å². The molecule has 0 amide bonds. The van der Waals surface area contributed by atoms with Crippen molar-refractivity contribution < 1.29 is 14.9 Å². The Kier molecular flexibility index (Phi) is 5.23. The second-order valence-corrected chi connectivity index (χ2v) is 7.96. The summed E-state index contributed by atoms with van der Waals surface area (Å²) in [5, 5.41) is 22.0. The average Bonchev–Trinajstić information content (AvgIpc) is 2.80. The third-order valence-corrected chi connectivity index (χ3v) is 5.94. The molecule has 2 aromatic heterocycles. The molecule has 3 heterocycles. The van der Waals surface area contributed by atoms with Crippen molar-refractivity contribution in [3.63, 3.8) is 0 Å². The van der Waals surface area contributed by atoms with Crippen molar-refractivity contribution >= 4 is 21.7 Å². The molecule has 1 aliphatic heterocycles. The van der Waals surface area contributed by atoms with Crippen LogP contribution >= 0.6 is 0 Å². The normalized spacial score (nSPS) is 19.2. The van der Waals surface area contributed by atoms with Gasteiger partial charge in [0, 0.05) is 24.1 Å². The molecule has 4 aromatic rings. The molecule has 2 atom stereocenters. The number of nitrogens with one attached hydrogen (secondary N) is 1. The summed E-state index contributed by atoms with van der Waals surface area (Å²) in [6.07, 6.45) is 2.29. The molecule has 1 saturated heterocycles. The highest BCUT2D eigenvalue weighted by Gasteiger charge is 2.28. The number of aromatic amines is 1. The van der Waals surface area contributed by atoms with Crippen molar-refractivity contribution in [1.82, 2.24) is 15.0 Å². The van der Waals surface area contributed by atoms with Crippen LogP contribution in [-0.2, 0) is 17.8 Å². The zero-order valence-corrected chi connectivity index (χ0v) is 16.9. The zero-order valence-electron chi connectivity index (χ0n) is 16.9. The Morgan fingerprint density at radius 3 is 2.71 bits per heavy atom. The van der Waals surface area contributed by atoms with Gasteiger partial charge in [0.15, 0.2) is 0 Å². The molecule has 0 radical (unpaired) electrons. The van der Waals surface area contributed by atoms with Crippen molar-refractivity contribution in [1.29, 1.82) is 0 Å². The molecule has 158 valence electrons. The Morgan fingerprint density at radius 1 is 1.13 bits per heavy atom. The summed E-state index contributed by atoms with van der Waals surface area (Å²) in [5.74, 6) is 0.260. The minimum atomic E-state index is -0.686. The number of ether oxygens (including phenoxy) is 1. The lowest BCUT2D eigenvalue weighted by atomic mass is 9.94. The summed E-state index contributed by atoms with van der Waals surface area (Å²) in [7, 11) is 0. The summed E-state index contributed by atoms with van der Waals surface area (Å²) in [6, 6.07) is 13.6. The number of nitrogens with zero attached hydrogens (tertiary/aromatic N) is 2. The quantitative estimate of drug-likeness (QED) is 0.440. The minimum absolute atomic E-state index is 0.0929. The monoisotopic (exact) mass is 417 g/mol. The topological polar surface area (TPSA) is 108 Å². The number of hydrogen-bond acceptors (Lipinski definition) is 6. The van der Waals surface area contributed by atoms with Gasteiger partial charge in [0.05, 0.1) is 35.9 Å². The zero-order chi connectivity index (χ0) is 21.4. The average molecular weight is 417 g/mol. The number of aromatic nitrogens is 3. The van der Waals surface area contributed by atoms with Crippen molar-refractivity contribution in [2.45, 2.75) is 31.5 Å². The summed E-state index contributed by atoms with van der Waals surface area (Å²) < 4.78 is 5.32. The molecule has 0 saturated carbocycles. The van der Waals surface area contributed by atoms with E-state index in [4.69, 9.17) is 9.72 Å². The van der Waals surface area contributed by atoms with Gasteiger partial charge in [-0.1, -0.05) is 30.3 Å². The maximum Gasteiger partial charge on any atom is 0.258 e. The predicted octanol–water partition coefficient (Wildman–Crippen LogP) is 2.42. The molecule has 1 fully saturated rings. The van der Waals surface area contributed by atoms with Gasteiger partial charge < -0.3 is 19.9 Å². The van der Waals surface area contributed by atoms with E-state index in [1.165, 1.54) is 0 Å². The lowest BCUT2D eigenvalue weighted by Gasteiger charge is -2.27. The molecule has 7 nitrogen and oxygen atoms in total. The smallest absolute Gasteiger partial charge is 0.258 e. The van der Waals surface area contributed by atoms with Crippen molar-refractivity contribution in [2.75, 3.05) is 13.2 Å². The lowest BCUT2D eigenvalue weighted by molar-refractivity contribution is -0.0223. The molecule has 1 aliphatic rings. The van der Waals surface area contributed by atoms with Gasteiger partial charge in [-0.3, -0.25) is 9.78 Å². The molecule has 7 heteroatoms. The minimum Gasteiger partial charge on any atom is -0.390 e. The van der Waals surface area contributed by atoms with E-state index in [-0.39, 0.29) is 24.7 Å². The second kappa shape index (κ2) is 8.19. The summed E-state index contributed by atoms with van der Waals surface area (Å²) >= 11 is 0. The summed E-state index contributed by atoms with van der Waals surface area (Å²) in [5.41, 5.74) is 3.06. The van der Waals surface area contributed by atoms with Crippen LogP contribution in [0.15, 0.2) is 53.5 Å². The van der Waals surface area contributed by atoms with Gasteiger partial charge in [0.2, 0.25) is 0 Å². The number of H-pyrrole nitrogens is 1. The molecule has 0 spiro atoms. The first-order valence-electron chi connectivity index (χ1n) is 10.4. The highest BCUT2D eigenvalue weighted by atomic mass is 16.5. The summed E-state index contributed by atoms with van der Waals surface area (Å²) in [4.78, 5) is 25.0. The van der Waals surface area contributed by atoms with Gasteiger partial charge in [0.25, 0.3) is 5.56 Å². The first kappa shape index (κ1) is 19.8. The highest BCUT2D eigenvalue weighted by Crippen LogP contribution is 2.30. The predicted molar refractivity (Wildman–Crippen MR) is 117 cm³/mol. The molecule has 2 aromatic carbocycles. The fraction of sp³-hybridized carbons (Fsp3) is 0.292. The van der Waals surface area contributed by atoms with Crippen molar-refractivity contribution in [2.24, 2.45) is 0 Å². The van der Waals surface area contributed by atoms with Gasteiger partial charge >= 0.3 is 0 Å². The van der Waals surface area contributed by atoms with Crippen LogP contribution in [0.2, 0.25) is 0 Å². The molecule has 3 N–H and O–H groups in total. The third kappa shape index (κ3) is 3.72. The van der Waals surface area contributed by atoms with E-state index in [9.17, 15) is 15.0 Å². The number of fused-ring (bicyclic) bond motifs is 3. The van der Waals surface area contributed by atoms with Crippen molar-refractivity contribution in [3.05, 3.63) is 81.7 Å². The molecule has 0 aliphatic carbocycles. The first-order valence-corrected chi connectivity index (χ1v) is 10.4.